The van der Waals surface area contributed by atoms with E-state index in [0.717, 1.165) is 41.4 Å². The summed E-state index contributed by atoms with van der Waals surface area (Å²) in [4.78, 5) is 14.5. The number of halogens is 1. The molecule has 0 radical (unpaired) electrons. The van der Waals surface area contributed by atoms with Crippen LogP contribution >= 0.6 is 15.9 Å². The van der Waals surface area contributed by atoms with E-state index in [0.29, 0.717) is 0 Å². The van der Waals surface area contributed by atoms with Crippen molar-refractivity contribution in [3.8, 4) is 0 Å². The van der Waals surface area contributed by atoms with E-state index in [4.69, 9.17) is 0 Å². The van der Waals surface area contributed by atoms with Crippen molar-refractivity contribution in [1.29, 1.82) is 0 Å². The Balaban J connectivity index is 1.67. The summed E-state index contributed by atoms with van der Waals surface area (Å²) < 4.78 is 0.993. The highest BCUT2D eigenvalue weighted by molar-refractivity contribution is 9.10. The van der Waals surface area contributed by atoms with Gasteiger partial charge in [0.2, 0.25) is 0 Å². The predicted molar refractivity (Wildman–Crippen MR) is 90.5 cm³/mol. The highest BCUT2D eigenvalue weighted by atomic mass is 79.9. The zero-order valence-corrected chi connectivity index (χ0v) is 14.5. The van der Waals surface area contributed by atoms with Crippen molar-refractivity contribution in [3.05, 3.63) is 34.3 Å². The van der Waals surface area contributed by atoms with Crippen molar-refractivity contribution in [1.82, 2.24) is 10.2 Å². The number of hydrogen-bond acceptors (Lipinski definition) is 2. The van der Waals surface area contributed by atoms with E-state index in [2.05, 4.69) is 40.0 Å². The summed E-state index contributed by atoms with van der Waals surface area (Å²) in [5.74, 6) is 1.61. The molecule has 1 aliphatic rings. The van der Waals surface area contributed by atoms with Crippen LogP contribution in [0.25, 0.3) is 0 Å². The molecule has 0 spiro atoms. The lowest BCUT2D eigenvalue weighted by Crippen LogP contribution is -2.40. The normalized spacial score (nSPS) is 23.0. The number of hydrogen-bond donors (Lipinski definition) is 1. The molecule has 1 fully saturated rings. The fraction of sp³-hybridized carbons (Fsp3) is 0.588. The number of nitrogens with one attached hydrogen (secondary N) is 1. The summed E-state index contributed by atoms with van der Waals surface area (Å²) in [7, 11) is 0. The second kappa shape index (κ2) is 7.95. The molecule has 2 rings (SSSR count). The molecule has 1 aromatic carbocycles. The lowest BCUT2D eigenvalue weighted by Gasteiger charge is -2.34. The molecule has 4 heteroatoms. The molecule has 116 valence electrons. The summed E-state index contributed by atoms with van der Waals surface area (Å²) in [5.41, 5.74) is 0.721. The Morgan fingerprint density at radius 3 is 2.48 bits per heavy atom. The van der Waals surface area contributed by atoms with Gasteiger partial charge in [-0.1, -0.05) is 29.8 Å². The summed E-state index contributed by atoms with van der Waals surface area (Å²) in [6, 6.07) is 7.47. The Hall–Kier alpha value is -0.870. The van der Waals surface area contributed by atoms with Crippen molar-refractivity contribution in [2.24, 2.45) is 11.8 Å². The fourth-order valence-corrected chi connectivity index (χ4v) is 3.45. The SMILES string of the molecule is C[C@@H]1C[C@H](C)CN(CCCNC(=O)c2ccc(Br)cc2)C1. The van der Waals surface area contributed by atoms with Gasteiger partial charge in [0.25, 0.3) is 5.91 Å². The molecule has 0 bridgehead atoms. The molecule has 0 unspecified atom stereocenters. The Labute approximate surface area is 136 Å². The molecule has 1 aromatic rings. The molecular formula is C17H25BrN2O. The third kappa shape index (κ3) is 5.44. The second-order valence-corrected chi connectivity index (χ2v) is 7.24. The van der Waals surface area contributed by atoms with Gasteiger partial charge in [-0.25, -0.2) is 0 Å². The molecule has 0 saturated carbocycles. The molecule has 1 saturated heterocycles. The van der Waals surface area contributed by atoms with E-state index in [1.807, 2.05) is 24.3 Å². The van der Waals surface area contributed by atoms with Gasteiger partial charge in [0.05, 0.1) is 0 Å². The fourth-order valence-electron chi connectivity index (χ4n) is 3.18. The lowest BCUT2D eigenvalue weighted by molar-refractivity contribution is 0.0947. The molecule has 3 nitrogen and oxygen atoms in total. The van der Waals surface area contributed by atoms with Crippen LogP contribution in [0, 0.1) is 11.8 Å². The number of amides is 1. The summed E-state index contributed by atoms with van der Waals surface area (Å²) in [6.45, 7) is 8.88. The Kier molecular flexibility index (Phi) is 6.24. The van der Waals surface area contributed by atoms with Gasteiger partial charge < -0.3 is 10.2 Å². The number of carbonyl (C=O) groups excluding carboxylic acids is 1. The average molecular weight is 353 g/mol. The first-order valence-corrected chi connectivity index (χ1v) is 8.60. The molecule has 0 aliphatic carbocycles. The van der Waals surface area contributed by atoms with Crippen molar-refractivity contribution in [3.63, 3.8) is 0 Å². The predicted octanol–water partition coefficient (Wildman–Crippen LogP) is 3.55. The van der Waals surface area contributed by atoms with Crippen LogP contribution in [0.15, 0.2) is 28.7 Å². The Bertz CT molecular complexity index is 450. The lowest BCUT2D eigenvalue weighted by atomic mass is 9.92. The maximum atomic E-state index is 12.0. The largest absolute Gasteiger partial charge is 0.352 e. The first-order chi connectivity index (χ1) is 10.0. The van der Waals surface area contributed by atoms with Crippen molar-refractivity contribution >= 4 is 21.8 Å². The van der Waals surface area contributed by atoms with Crippen LogP contribution in [0.3, 0.4) is 0 Å². The van der Waals surface area contributed by atoms with Crippen molar-refractivity contribution < 1.29 is 4.79 Å². The topological polar surface area (TPSA) is 32.3 Å². The maximum Gasteiger partial charge on any atom is 0.251 e. The van der Waals surface area contributed by atoms with Gasteiger partial charge in [-0.3, -0.25) is 4.79 Å². The second-order valence-electron chi connectivity index (χ2n) is 6.32. The number of rotatable bonds is 5. The molecule has 21 heavy (non-hydrogen) atoms. The van der Waals surface area contributed by atoms with E-state index in [1.54, 1.807) is 0 Å². The van der Waals surface area contributed by atoms with Crippen LogP contribution in [-0.2, 0) is 0 Å². The highest BCUT2D eigenvalue weighted by Crippen LogP contribution is 2.20. The molecular weight excluding hydrogens is 328 g/mol. The van der Waals surface area contributed by atoms with E-state index < -0.39 is 0 Å². The van der Waals surface area contributed by atoms with E-state index in [9.17, 15) is 4.79 Å². The third-order valence-corrected chi connectivity index (χ3v) is 4.52. The Morgan fingerprint density at radius 2 is 1.86 bits per heavy atom. The number of carbonyl (C=O) groups is 1. The number of likely N-dealkylation sites (tertiary alicyclic amines) is 1. The zero-order chi connectivity index (χ0) is 15.2. The average Bonchev–Trinajstić information content (AvgIpc) is 2.43. The van der Waals surface area contributed by atoms with Crippen LogP contribution in [-0.4, -0.2) is 37.0 Å². The molecule has 2 atom stereocenters. The minimum absolute atomic E-state index is 0.0166. The molecule has 1 amide bonds. The van der Waals surface area contributed by atoms with Crippen LogP contribution < -0.4 is 5.32 Å². The van der Waals surface area contributed by atoms with E-state index in [1.165, 1.54) is 19.5 Å². The van der Waals surface area contributed by atoms with Gasteiger partial charge in [-0.05, 0) is 55.5 Å². The minimum atomic E-state index is 0.0166. The van der Waals surface area contributed by atoms with E-state index in [-0.39, 0.29) is 5.91 Å². The quantitative estimate of drug-likeness (QED) is 0.821. The molecule has 1 heterocycles. The monoisotopic (exact) mass is 352 g/mol. The molecule has 1 N–H and O–H groups in total. The third-order valence-electron chi connectivity index (χ3n) is 3.99. The number of benzene rings is 1. The highest BCUT2D eigenvalue weighted by Gasteiger charge is 2.21. The van der Waals surface area contributed by atoms with Gasteiger partial charge in [0.1, 0.15) is 0 Å². The van der Waals surface area contributed by atoms with Gasteiger partial charge in [-0.15, -0.1) is 0 Å². The van der Waals surface area contributed by atoms with Crippen molar-refractivity contribution in [2.75, 3.05) is 26.2 Å². The first-order valence-electron chi connectivity index (χ1n) is 7.80. The van der Waals surface area contributed by atoms with Crippen LogP contribution in [0.1, 0.15) is 37.0 Å². The summed E-state index contributed by atoms with van der Waals surface area (Å²) in [6.07, 6.45) is 2.36. The first kappa shape index (κ1) is 16.5. The van der Waals surface area contributed by atoms with Gasteiger partial charge in [-0.2, -0.15) is 0 Å². The van der Waals surface area contributed by atoms with Gasteiger partial charge in [0.15, 0.2) is 0 Å². The smallest absolute Gasteiger partial charge is 0.251 e. The zero-order valence-electron chi connectivity index (χ0n) is 12.9. The van der Waals surface area contributed by atoms with E-state index >= 15 is 0 Å². The van der Waals surface area contributed by atoms with Gasteiger partial charge in [0, 0.05) is 29.7 Å². The van der Waals surface area contributed by atoms with Crippen LogP contribution in [0.5, 0.6) is 0 Å². The number of piperidine rings is 1. The van der Waals surface area contributed by atoms with Gasteiger partial charge >= 0.3 is 0 Å². The minimum Gasteiger partial charge on any atom is -0.352 e. The summed E-state index contributed by atoms with van der Waals surface area (Å²) in [5, 5.41) is 3.00. The summed E-state index contributed by atoms with van der Waals surface area (Å²) >= 11 is 3.37. The molecule has 0 aromatic heterocycles. The standard InChI is InChI=1S/C17H25BrN2O/c1-13-10-14(2)12-20(11-13)9-3-8-19-17(21)15-4-6-16(18)7-5-15/h4-7,13-14H,3,8-12H2,1-2H3,(H,19,21)/t13-,14+. The Morgan fingerprint density at radius 1 is 1.24 bits per heavy atom. The number of nitrogens with zero attached hydrogens (tertiary/aromatic N) is 1. The van der Waals surface area contributed by atoms with Crippen molar-refractivity contribution in [2.45, 2.75) is 26.7 Å². The molecule has 1 aliphatic heterocycles. The maximum absolute atomic E-state index is 12.0. The van der Waals surface area contributed by atoms with Crippen LogP contribution in [0.4, 0.5) is 0 Å². The van der Waals surface area contributed by atoms with Crippen LogP contribution in [0.2, 0.25) is 0 Å².